The molecule has 2 aromatic rings. The first-order chi connectivity index (χ1) is 14.5. The molecule has 1 saturated carbocycles. The first-order valence-electron chi connectivity index (χ1n) is 10.2. The van der Waals surface area contributed by atoms with Crippen LogP contribution in [-0.4, -0.2) is 29.2 Å². The lowest BCUT2D eigenvalue weighted by Crippen LogP contribution is -2.34. The van der Waals surface area contributed by atoms with E-state index in [0.29, 0.717) is 22.2 Å². The number of likely N-dealkylation sites (tertiary alicyclic amines) is 1. The molecular weight excluding hydrogens is 404 g/mol. The molecule has 1 aliphatic heterocycles. The van der Waals surface area contributed by atoms with E-state index in [1.165, 1.54) is 4.90 Å². The highest BCUT2D eigenvalue weighted by Crippen LogP contribution is 2.38. The van der Waals surface area contributed by atoms with Gasteiger partial charge in [0.15, 0.2) is 0 Å². The molecule has 30 heavy (non-hydrogen) atoms. The van der Waals surface area contributed by atoms with Gasteiger partial charge >= 0.3 is 0 Å². The molecule has 2 fully saturated rings. The molecule has 1 aliphatic carbocycles. The van der Waals surface area contributed by atoms with Crippen LogP contribution >= 0.6 is 11.6 Å². The van der Waals surface area contributed by atoms with Crippen LogP contribution in [-0.2, 0) is 14.4 Å². The van der Waals surface area contributed by atoms with Crippen molar-refractivity contribution < 1.29 is 19.1 Å². The third kappa shape index (κ3) is 4.33. The molecule has 6 nitrogen and oxygen atoms in total. The lowest BCUT2D eigenvalue weighted by Gasteiger charge is -2.19. The van der Waals surface area contributed by atoms with E-state index in [-0.39, 0.29) is 42.5 Å². The highest BCUT2D eigenvalue weighted by atomic mass is 35.5. The van der Waals surface area contributed by atoms with Crippen molar-refractivity contribution in [2.75, 3.05) is 11.9 Å². The SMILES string of the molecule is O=C(CCN1C(=O)C2CCCCC2C1=O)Nc1ccc(Oc2ccccc2Cl)cc1. The van der Waals surface area contributed by atoms with Gasteiger partial charge in [-0.1, -0.05) is 36.6 Å². The second-order valence-corrected chi connectivity index (χ2v) is 8.09. The van der Waals surface area contributed by atoms with Crippen LogP contribution in [0.4, 0.5) is 5.69 Å². The molecule has 1 N–H and O–H groups in total. The van der Waals surface area contributed by atoms with E-state index in [0.717, 1.165) is 25.7 Å². The third-order valence-electron chi connectivity index (χ3n) is 5.70. The maximum absolute atomic E-state index is 12.5. The summed E-state index contributed by atoms with van der Waals surface area (Å²) in [6, 6.07) is 14.1. The molecule has 4 rings (SSSR count). The lowest BCUT2D eigenvalue weighted by atomic mass is 9.81. The summed E-state index contributed by atoms with van der Waals surface area (Å²) in [6.45, 7) is 0.129. The number of benzene rings is 2. The number of anilines is 1. The smallest absolute Gasteiger partial charge is 0.233 e. The number of imide groups is 1. The summed E-state index contributed by atoms with van der Waals surface area (Å²) in [4.78, 5) is 38.6. The Bertz CT molecular complexity index is 936. The normalized spacial score (nSPS) is 20.8. The number of amides is 3. The summed E-state index contributed by atoms with van der Waals surface area (Å²) in [5.41, 5.74) is 0.610. The molecule has 2 aliphatic rings. The Kier molecular flexibility index (Phi) is 6.04. The Morgan fingerprint density at radius 2 is 1.63 bits per heavy atom. The molecule has 7 heteroatoms. The zero-order valence-electron chi connectivity index (χ0n) is 16.5. The minimum Gasteiger partial charge on any atom is -0.456 e. The number of fused-ring (bicyclic) bond motifs is 1. The van der Waals surface area contributed by atoms with Crippen LogP contribution in [0, 0.1) is 11.8 Å². The molecule has 0 radical (unpaired) electrons. The molecular formula is C23H23ClN2O4. The maximum Gasteiger partial charge on any atom is 0.233 e. The highest BCUT2D eigenvalue weighted by Gasteiger charge is 2.47. The van der Waals surface area contributed by atoms with Crippen LogP contribution in [0.3, 0.4) is 0 Å². The van der Waals surface area contributed by atoms with E-state index in [2.05, 4.69) is 5.32 Å². The minimum atomic E-state index is -0.245. The van der Waals surface area contributed by atoms with Crippen LogP contribution in [0.15, 0.2) is 48.5 Å². The number of carbonyl (C=O) groups is 3. The van der Waals surface area contributed by atoms with Gasteiger partial charge in [0, 0.05) is 18.7 Å². The van der Waals surface area contributed by atoms with Gasteiger partial charge in [-0.25, -0.2) is 0 Å². The largest absolute Gasteiger partial charge is 0.456 e. The Labute approximate surface area is 180 Å². The predicted octanol–water partition coefficient (Wildman–Crippen LogP) is 4.64. The average molecular weight is 427 g/mol. The average Bonchev–Trinajstić information content (AvgIpc) is 3.00. The fourth-order valence-corrected chi connectivity index (χ4v) is 4.32. The van der Waals surface area contributed by atoms with E-state index in [1.54, 1.807) is 36.4 Å². The van der Waals surface area contributed by atoms with Crippen LogP contribution < -0.4 is 10.1 Å². The Morgan fingerprint density at radius 3 is 2.27 bits per heavy atom. The standard InChI is InChI=1S/C23H23ClN2O4/c24-19-7-3-4-8-20(19)30-16-11-9-15(10-12-16)25-21(27)13-14-26-22(28)17-5-1-2-6-18(17)23(26)29/h3-4,7-12,17-18H,1-2,5-6,13-14H2,(H,25,27). The van der Waals surface area contributed by atoms with E-state index in [9.17, 15) is 14.4 Å². The number of halogens is 1. The molecule has 3 amide bonds. The number of carbonyl (C=O) groups excluding carboxylic acids is 3. The minimum absolute atomic E-state index is 0.0782. The van der Waals surface area contributed by atoms with E-state index < -0.39 is 0 Å². The van der Waals surface area contributed by atoms with Gasteiger partial charge in [0.05, 0.1) is 16.9 Å². The molecule has 2 unspecified atom stereocenters. The Morgan fingerprint density at radius 1 is 1.00 bits per heavy atom. The van der Waals surface area contributed by atoms with E-state index >= 15 is 0 Å². The fraction of sp³-hybridized carbons (Fsp3) is 0.348. The van der Waals surface area contributed by atoms with Gasteiger partial charge in [0.1, 0.15) is 11.5 Å². The second-order valence-electron chi connectivity index (χ2n) is 7.68. The predicted molar refractivity (Wildman–Crippen MR) is 113 cm³/mol. The molecule has 1 saturated heterocycles. The van der Waals surface area contributed by atoms with E-state index in [1.807, 2.05) is 12.1 Å². The van der Waals surface area contributed by atoms with Crippen molar-refractivity contribution in [3.63, 3.8) is 0 Å². The highest BCUT2D eigenvalue weighted by molar-refractivity contribution is 6.32. The van der Waals surface area contributed by atoms with Crippen molar-refractivity contribution in [3.8, 4) is 11.5 Å². The number of hydrogen-bond acceptors (Lipinski definition) is 4. The summed E-state index contributed by atoms with van der Waals surface area (Å²) < 4.78 is 5.73. The molecule has 156 valence electrons. The summed E-state index contributed by atoms with van der Waals surface area (Å²) in [6.07, 6.45) is 3.62. The molecule has 2 atom stereocenters. The van der Waals surface area contributed by atoms with Gasteiger partial charge in [-0.3, -0.25) is 19.3 Å². The molecule has 2 aromatic carbocycles. The summed E-state index contributed by atoms with van der Waals surface area (Å²) in [7, 11) is 0. The number of rotatable bonds is 6. The molecule has 1 heterocycles. The van der Waals surface area contributed by atoms with Crippen LogP contribution in [0.2, 0.25) is 5.02 Å². The maximum atomic E-state index is 12.5. The van der Waals surface area contributed by atoms with Crippen molar-refractivity contribution in [3.05, 3.63) is 53.6 Å². The Hall–Kier alpha value is -2.86. The first kappa shape index (κ1) is 20.4. The summed E-state index contributed by atoms with van der Waals surface area (Å²) in [5, 5.41) is 3.31. The number of nitrogens with zero attached hydrogens (tertiary/aromatic N) is 1. The van der Waals surface area contributed by atoms with Gasteiger partial charge in [-0.2, -0.15) is 0 Å². The number of ether oxygens (including phenoxy) is 1. The summed E-state index contributed by atoms with van der Waals surface area (Å²) >= 11 is 6.09. The molecule has 0 aromatic heterocycles. The molecule has 0 spiro atoms. The number of nitrogens with one attached hydrogen (secondary N) is 1. The van der Waals surface area contributed by atoms with E-state index in [4.69, 9.17) is 16.3 Å². The lowest BCUT2D eigenvalue weighted by molar-refractivity contribution is -0.140. The zero-order chi connectivity index (χ0) is 21.1. The van der Waals surface area contributed by atoms with Gasteiger partial charge < -0.3 is 10.1 Å². The van der Waals surface area contributed by atoms with Crippen molar-refractivity contribution in [1.29, 1.82) is 0 Å². The van der Waals surface area contributed by atoms with Crippen molar-refractivity contribution in [2.45, 2.75) is 32.1 Å². The van der Waals surface area contributed by atoms with Gasteiger partial charge in [-0.15, -0.1) is 0 Å². The summed E-state index contributed by atoms with van der Waals surface area (Å²) in [5.74, 6) is 0.316. The van der Waals surface area contributed by atoms with Crippen molar-refractivity contribution in [1.82, 2.24) is 4.90 Å². The first-order valence-corrected chi connectivity index (χ1v) is 10.6. The number of para-hydroxylation sites is 1. The van der Waals surface area contributed by atoms with Crippen LogP contribution in [0.1, 0.15) is 32.1 Å². The monoisotopic (exact) mass is 426 g/mol. The second kappa shape index (κ2) is 8.88. The fourth-order valence-electron chi connectivity index (χ4n) is 4.15. The topological polar surface area (TPSA) is 75.7 Å². The van der Waals surface area contributed by atoms with Crippen molar-refractivity contribution >= 4 is 35.0 Å². The molecule has 0 bridgehead atoms. The Balaban J connectivity index is 1.29. The van der Waals surface area contributed by atoms with Crippen molar-refractivity contribution in [2.24, 2.45) is 11.8 Å². The van der Waals surface area contributed by atoms with Gasteiger partial charge in [0.2, 0.25) is 17.7 Å². The van der Waals surface area contributed by atoms with Crippen LogP contribution in [0.5, 0.6) is 11.5 Å². The van der Waals surface area contributed by atoms with Gasteiger partial charge in [-0.05, 0) is 49.2 Å². The zero-order valence-corrected chi connectivity index (χ0v) is 17.2. The number of hydrogen-bond donors (Lipinski definition) is 1. The quantitative estimate of drug-likeness (QED) is 0.683. The third-order valence-corrected chi connectivity index (χ3v) is 6.01. The van der Waals surface area contributed by atoms with Gasteiger partial charge in [0.25, 0.3) is 0 Å². The van der Waals surface area contributed by atoms with Crippen LogP contribution in [0.25, 0.3) is 0 Å².